The second kappa shape index (κ2) is 7.43. The zero-order chi connectivity index (χ0) is 15.2. The first-order valence-corrected chi connectivity index (χ1v) is 8.09. The zero-order valence-electron chi connectivity index (χ0n) is 13.4. The van der Waals surface area contributed by atoms with Crippen molar-refractivity contribution >= 4 is 11.7 Å². The number of aromatic nitrogens is 1. The molecule has 1 aliphatic carbocycles. The van der Waals surface area contributed by atoms with Crippen LogP contribution in [0, 0.1) is 5.92 Å². The quantitative estimate of drug-likeness (QED) is 0.901. The van der Waals surface area contributed by atoms with Crippen LogP contribution in [0.15, 0.2) is 18.3 Å². The van der Waals surface area contributed by atoms with E-state index in [0.717, 1.165) is 43.1 Å². The van der Waals surface area contributed by atoms with Crippen molar-refractivity contribution in [3.8, 4) is 0 Å². The molecule has 0 spiro atoms. The molecule has 116 valence electrons. The molecular formula is C17H27N3O. The van der Waals surface area contributed by atoms with Crippen LogP contribution < -0.4 is 5.32 Å². The summed E-state index contributed by atoms with van der Waals surface area (Å²) in [5.41, 5.74) is 0.726. The van der Waals surface area contributed by atoms with Crippen LogP contribution in [0.5, 0.6) is 0 Å². The number of nitrogens with one attached hydrogen (secondary N) is 1. The van der Waals surface area contributed by atoms with Gasteiger partial charge < -0.3 is 10.2 Å². The van der Waals surface area contributed by atoms with Crippen LogP contribution in [0.1, 0.15) is 56.3 Å². The molecule has 2 unspecified atom stereocenters. The molecule has 1 aliphatic rings. The summed E-state index contributed by atoms with van der Waals surface area (Å²) >= 11 is 0. The molecule has 2 atom stereocenters. The standard InChI is InChI=1S/C17H27N3O/c1-4-9-18-16-12-14(8-10-19-16)17(21)20(3)15-7-5-6-13(2)11-15/h8,10,12-13,15H,4-7,9,11H2,1-3H3,(H,18,19). The van der Waals surface area contributed by atoms with Gasteiger partial charge in [0, 0.05) is 31.4 Å². The Morgan fingerprint density at radius 2 is 2.29 bits per heavy atom. The zero-order valence-corrected chi connectivity index (χ0v) is 13.4. The van der Waals surface area contributed by atoms with Gasteiger partial charge in [0.2, 0.25) is 0 Å². The Morgan fingerprint density at radius 1 is 1.48 bits per heavy atom. The average molecular weight is 289 g/mol. The molecule has 0 radical (unpaired) electrons. The van der Waals surface area contributed by atoms with E-state index in [9.17, 15) is 4.79 Å². The van der Waals surface area contributed by atoms with Crippen LogP contribution in [0.25, 0.3) is 0 Å². The van der Waals surface area contributed by atoms with Crippen molar-refractivity contribution in [3.63, 3.8) is 0 Å². The molecule has 1 N–H and O–H groups in total. The SMILES string of the molecule is CCCNc1cc(C(=O)N(C)C2CCCC(C)C2)ccn1. The minimum Gasteiger partial charge on any atom is -0.370 e. The Morgan fingerprint density at radius 3 is 3.00 bits per heavy atom. The van der Waals surface area contributed by atoms with E-state index in [0.29, 0.717) is 6.04 Å². The first-order chi connectivity index (χ1) is 10.1. The Hall–Kier alpha value is -1.58. The predicted octanol–water partition coefficient (Wildman–Crippen LogP) is 3.55. The largest absolute Gasteiger partial charge is 0.370 e. The van der Waals surface area contributed by atoms with Gasteiger partial charge >= 0.3 is 0 Å². The van der Waals surface area contributed by atoms with Gasteiger partial charge in [0.15, 0.2) is 0 Å². The van der Waals surface area contributed by atoms with E-state index in [1.807, 2.05) is 24.1 Å². The highest BCUT2D eigenvalue weighted by Crippen LogP contribution is 2.27. The summed E-state index contributed by atoms with van der Waals surface area (Å²) in [4.78, 5) is 18.8. The lowest BCUT2D eigenvalue weighted by Gasteiger charge is -2.34. The minimum absolute atomic E-state index is 0.107. The fourth-order valence-electron chi connectivity index (χ4n) is 3.04. The van der Waals surface area contributed by atoms with Crippen molar-refractivity contribution in [1.29, 1.82) is 0 Å². The highest BCUT2D eigenvalue weighted by atomic mass is 16.2. The van der Waals surface area contributed by atoms with Gasteiger partial charge in [-0.1, -0.05) is 26.7 Å². The molecule has 21 heavy (non-hydrogen) atoms. The minimum atomic E-state index is 0.107. The number of rotatable bonds is 5. The normalized spacial score (nSPS) is 21.9. The maximum Gasteiger partial charge on any atom is 0.254 e. The summed E-state index contributed by atoms with van der Waals surface area (Å²) < 4.78 is 0. The predicted molar refractivity (Wildman–Crippen MR) is 86.5 cm³/mol. The second-order valence-electron chi connectivity index (χ2n) is 6.20. The third-order valence-corrected chi connectivity index (χ3v) is 4.34. The molecule has 0 aromatic carbocycles. The number of hydrogen-bond donors (Lipinski definition) is 1. The molecule has 1 heterocycles. The van der Waals surface area contributed by atoms with Crippen LogP contribution in [0.2, 0.25) is 0 Å². The van der Waals surface area contributed by atoms with Gasteiger partial charge in [-0.2, -0.15) is 0 Å². The third-order valence-electron chi connectivity index (χ3n) is 4.34. The molecule has 0 aliphatic heterocycles. The van der Waals surface area contributed by atoms with Gasteiger partial charge in [0.05, 0.1) is 0 Å². The Balaban J connectivity index is 2.04. The molecule has 1 fully saturated rings. The molecule has 0 bridgehead atoms. The summed E-state index contributed by atoms with van der Waals surface area (Å²) in [6, 6.07) is 4.05. The average Bonchev–Trinajstić information content (AvgIpc) is 2.51. The summed E-state index contributed by atoms with van der Waals surface area (Å²) in [6.07, 6.45) is 7.51. The van der Waals surface area contributed by atoms with Gasteiger partial charge in [-0.25, -0.2) is 4.98 Å². The summed E-state index contributed by atoms with van der Waals surface area (Å²) in [5.74, 6) is 1.61. The maximum absolute atomic E-state index is 12.6. The first kappa shape index (κ1) is 15.8. The lowest BCUT2D eigenvalue weighted by Crippen LogP contribution is -2.39. The number of hydrogen-bond acceptors (Lipinski definition) is 3. The van der Waals surface area contributed by atoms with Gasteiger partial charge in [0.25, 0.3) is 5.91 Å². The number of pyridine rings is 1. The van der Waals surface area contributed by atoms with Crippen molar-refractivity contribution < 1.29 is 4.79 Å². The highest BCUT2D eigenvalue weighted by molar-refractivity contribution is 5.94. The van der Waals surface area contributed by atoms with Crippen LogP contribution >= 0.6 is 0 Å². The number of amides is 1. The van der Waals surface area contributed by atoms with Gasteiger partial charge in [-0.05, 0) is 37.3 Å². The maximum atomic E-state index is 12.6. The monoisotopic (exact) mass is 289 g/mol. The third kappa shape index (κ3) is 4.19. The summed E-state index contributed by atoms with van der Waals surface area (Å²) in [5, 5.41) is 3.23. The summed E-state index contributed by atoms with van der Waals surface area (Å²) in [6.45, 7) is 5.27. The van der Waals surface area contributed by atoms with Crippen molar-refractivity contribution in [3.05, 3.63) is 23.9 Å². The molecule has 1 saturated carbocycles. The van der Waals surface area contributed by atoms with E-state index < -0.39 is 0 Å². The molecule has 1 aromatic heterocycles. The van der Waals surface area contributed by atoms with E-state index >= 15 is 0 Å². The Bertz CT molecular complexity index is 475. The molecule has 4 heteroatoms. The molecular weight excluding hydrogens is 262 g/mol. The van der Waals surface area contributed by atoms with Crippen LogP contribution in [0.3, 0.4) is 0 Å². The van der Waals surface area contributed by atoms with E-state index in [1.165, 1.54) is 12.8 Å². The van der Waals surface area contributed by atoms with Crippen molar-refractivity contribution in [2.24, 2.45) is 5.92 Å². The van der Waals surface area contributed by atoms with Crippen molar-refractivity contribution in [2.45, 2.75) is 52.0 Å². The molecule has 1 amide bonds. The lowest BCUT2D eigenvalue weighted by molar-refractivity contribution is 0.0672. The molecule has 1 aromatic rings. The Labute approximate surface area is 127 Å². The smallest absolute Gasteiger partial charge is 0.254 e. The fourth-order valence-corrected chi connectivity index (χ4v) is 3.04. The second-order valence-corrected chi connectivity index (χ2v) is 6.20. The topological polar surface area (TPSA) is 45.2 Å². The Kier molecular flexibility index (Phi) is 5.59. The summed E-state index contributed by atoms with van der Waals surface area (Å²) in [7, 11) is 1.94. The fraction of sp³-hybridized carbons (Fsp3) is 0.647. The van der Waals surface area contributed by atoms with Crippen LogP contribution in [-0.4, -0.2) is 35.4 Å². The number of carbonyl (C=O) groups excluding carboxylic acids is 1. The highest BCUT2D eigenvalue weighted by Gasteiger charge is 2.26. The molecule has 4 nitrogen and oxygen atoms in total. The van der Waals surface area contributed by atoms with E-state index in [-0.39, 0.29) is 5.91 Å². The number of anilines is 1. The molecule has 2 rings (SSSR count). The van der Waals surface area contributed by atoms with Gasteiger partial charge in [-0.3, -0.25) is 4.79 Å². The lowest BCUT2D eigenvalue weighted by atomic mass is 9.86. The number of nitrogens with zero attached hydrogens (tertiary/aromatic N) is 2. The van der Waals surface area contributed by atoms with E-state index in [1.54, 1.807) is 6.20 Å². The van der Waals surface area contributed by atoms with Gasteiger partial charge in [-0.15, -0.1) is 0 Å². The van der Waals surface area contributed by atoms with Crippen LogP contribution in [0.4, 0.5) is 5.82 Å². The molecule has 0 saturated heterocycles. The van der Waals surface area contributed by atoms with Crippen molar-refractivity contribution in [2.75, 3.05) is 18.9 Å². The van der Waals surface area contributed by atoms with E-state index in [4.69, 9.17) is 0 Å². The number of carbonyl (C=O) groups is 1. The van der Waals surface area contributed by atoms with E-state index in [2.05, 4.69) is 24.1 Å². The first-order valence-electron chi connectivity index (χ1n) is 8.09. The van der Waals surface area contributed by atoms with Crippen molar-refractivity contribution in [1.82, 2.24) is 9.88 Å². The van der Waals surface area contributed by atoms with Gasteiger partial charge in [0.1, 0.15) is 5.82 Å². The van der Waals surface area contributed by atoms with Crippen LogP contribution in [-0.2, 0) is 0 Å².